The SMILES string of the molecule is COc1cc(CCC(O)CC(O)C(C)C(=O)O)cc(OC)c1OC. The molecule has 0 aromatic heterocycles. The van der Waals surface area contributed by atoms with Crippen LogP contribution in [-0.2, 0) is 11.2 Å². The van der Waals surface area contributed by atoms with E-state index in [-0.39, 0.29) is 6.42 Å². The number of carbonyl (C=O) groups is 1. The normalized spacial score (nSPS) is 14.6. The second-order valence-electron chi connectivity index (χ2n) is 5.66. The number of aliphatic hydroxyl groups is 2. The maximum Gasteiger partial charge on any atom is 0.308 e. The van der Waals surface area contributed by atoms with Gasteiger partial charge in [0.2, 0.25) is 5.75 Å². The number of ether oxygens (including phenoxy) is 3. The van der Waals surface area contributed by atoms with Crippen LogP contribution in [0.4, 0.5) is 0 Å². The molecule has 0 heterocycles. The highest BCUT2D eigenvalue weighted by atomic mass is 16.5. The Morgan fingerprint density at radius 1 is 1.08 bits per heavy atom. The Hall–Kier alpha value is -1.99. The Morgan fingerprint density at radius 3 is 2.04 bits per heavy atom. The molecule has 0 amide bonds. The van der Waals surface area contributed by atoms with Gasteiger partial charge in [-0.2, -0.15) is 0 Å². The number of aryl methyl sites for hydroxylation is 1. The van der Waals surface area contributed by atoms with Gasteiger partial charge in [0.05, 0.1) is 39.5 Å². The molecule has 1 rings (SSSR count). The largest absolute Gasteiger partial charge is 0.493 e. The molecule has 3 N–H and O–H groups in total. The van der Waals surface area contributed by atoms with E-state index in [0.717, 1.165) is 5.56 Å². The maximum atomic E-state index is 10.8. The van der Waals surface area contributed by atoms with E-state index in [1.54, 1.807) is 12.1 Å². The zero-order chi connectivity index (χ0) is 18.3. The third-order valence-electron chi connectivity index (χ3n) is 3.97. The van der Waals surface area contributed by atoms with Crippen molar-refractivity contribution >= 4 is 5.97 Å². The lowest BCUT2D eigenvalue weighted by Gasteiger charge is -2.19. The fourth-order valence-electron chi connectivity index (χ4n) is 2.38. The number of carboxylic acid groups (broad SMARTS) is 1. The molecular weight excluding hydrogens is 316 g/mol. The first-order valence-corrected chi connectivity index (χ1v) is 7.71. The van der Waals surface area contributed by atoms with Crippen molar-refractivity contribution in [2.75, 3.05) is 21.3 Å². The average Bonchev–Trinajstić information content (AvgIpc) is 2.57. The summed E-state index contributed by atoms with van der Waals surface area (Å²) in [5.41, 5.74) is 0.879. The van der Waals surface area contributed by atoms with Crippen LogP contribution in [0.1, 0.15) is 25.3 Å². The zero-order valence-electron chi connectivity index (χ0n) is 14.5. The zero-order valence-corrected chi connectivity index (χ0v) is 14.5. The lowest BCUT2D eigenvalue weighted by molar-refractivity contribution is -0.145. The molecule has 136 valence electrons. The van der Waals surface area contributed by atoms with Crippen molar-refractivity contribution in [1.82, 2.24) is 0 Å². The maximum absolute atomic E-state index is 10.8. The number of aliphatic hydroxyl groups excluding tert-OH is 2. The number of hydrogen-bond acceptors (Lipinski definition) is 6. The minimum absolute atomic E-state index is 0.0118. The summed E-state index contributed by atoms with van der Waals surface area (Å²) in [6, 6.07) is 3.59. The second-order valence-corrected chi connectivity index (χ2v) is 5.66. The summed E-state index contributed by atoms with van der Waals surface area (Å²) in [7, 11) is 4.58. The molecule has 0 spiro atoms. The van der Waals surface area contributed by atoms with Gasteiger partial charge in [-0.15, -0.1) is 0 Å². The molecule has 0 bridgehead atoms. The first-order valence-electron chi connectivity index (χ1n) is 7.71. The minimum atomic E-state index is -1.09. The number of rotatable bonds is 10. The fourth-order valence-corrected chi connectivity index (χ4v) is 2.38. The average molecular weight is 342 g/mol. The molecule has 7 heteroatoms. The summed E-state index contributed by atoms with van der Waals surface area (Å²) >= 11 is 0. The molecule has 0 saturated carbocycles. The molecule has 0 fully saturated rings. The molecule has 0 saturated heterocycles. The highest BCUT2D eigenvalue weighted by Crippen LogP contribution is 2.38. The van der Waals surface area contributed by atoms with E-state index in [2.05, 4.69) is 0 Å². The van der Waals surface area contributed by atoms with E-state index < -0.39 is 24.1 Å². The van der Waals surface area contributed by atoms with E-state index in [1.165, 1.54) is 28.3 Å². The van der Waals surface area contributed by atoms with Gasteiger partial charge in [-0.1, -0.05) is 0 Å². The van der Waals surface area contributed by atoms with E-state index in [4.69, 9.17) is 19.3 Å². The molecule has 3 unspecified atom stereocenters. The summed E-state index contributed by atoms with van der Waals surface area (Å²) in [5, 5.41) is 28.7. The van der Waals surface area contributed by atoms with E-state index >= 15 is 0 Å². The van der Waals surface area contributed by atoms with E-state index in [9.17, 15) is 15.0 Å². The van der Waals surface area contributed by atoms with Crippen molar-refractivity contribution in [3.63, 3.8) is 0 Å². The van der Waals surface area contributed by atoms with E-state index in [0.29, 0.717) is 30.1 Å². The molecule has 0 aliphatic carbocycles. The summed E-state index contributed by atoms with van der Waals surface area (Å²) in [5.74, 6) is -0.447. The summed E-state index contributed by atoms with van der Waals surface area (Å²) < 4.78 is 15.8. The third-order valence-corrected chi connectivity index (χ3v) is 3.97. The van der Waals surface area contributed by atoms with Gasteiger partial charge in [-0.25, -0.2) is 0 Å². The molecule has 0 aliphatic rings. The topological polar surface area (TPSA) is 105 Å². The summed E-state index contributed by atoms with van der Waals surface area (Å²) in [4.78, 5) is 10.8. The lowest BCUT2D eigenvalue weighted by Crippen LogP contribution is -2.29. The van der Waals surface area contributed by atoms with Crippen LogP contribution >= 0.6 is 0 Å². The van der Waals surface area contributed by atoms with Gasteiger partial charge >= 0.3 is 5.97 Å². The van der Waals surface area contributed by atoms with Crippen LogP contribution in [0.2, 0.25) is 0 Å². The Labute approximate surface area is 141 Å². The molecular formula is C17H26O7. The van der Waals surface area contributed by atoms with Gasteiger partial charge in [0.15, 0.2) is 11.5 Å². The fraction of sp³-hybridized carbons (Fsp3) is 0.588. The molecule has 3 atom stereocenters. The first kappa shape index (κ1) is 20.1. The molecule has 0 aliphatic heterocycles. The van der Waals surface area contributed by atoms with Gasteiger partial charge in [0, 0.05) is 6.42 Å². The van der Waals surface area contributed by atoms with Crippen molar-refractivity contribution in [2.45, 2.75) is 38.4 Å². The van der Waals surface area contributed by atoms with Crippen LogP contribution in [0, 0.1) is 5.92 Å². The molecule has 1 aromatic carbocycles. The Kier molecular flexibility index (Phi) is 7.81. The van der Waals surface area contributed by atoms with Crippen LogP contribution in [0.25, 0.3) is 0 Å². The molecule has 24 heavy (non-hydrogen) atoms. The van der Waals surface area contributed by atoms with Gasteiger partial charge in [0.1, 0.15) is 0 Å². The lowest BCUT2D eigenvalue weighted by atomic mass is 9.96. The Morgan fingerprint density at radius 2 is 1.62 bits per heavy atom. The van der Waals surface area contributed by atoms with Crippen molar-refractivity contribution in [3.05, 3.63) is 17.7 Å². The number of benzene rings is 1. The molecule has 7 nitrogen and oxygen atoms in total. The van der Waals surface area contributed by atoms with Gasteiger partial charge in [0.25, 0.3) is 0 Å². The highest BCUT2D eigenvalue weighted by molar-refractivity contribution is 5.70. The van der Waals surface area contributed by atoms with Crippen LogP contribution in [0.3, 0.4) is 0 Å². The first-order chi connectivity index (χ1) is 11.3. The summed E-state index contributed by atoms with van der Waals surface area (Å²) in [6.45, 7) is 1.42. The number of hydrogen-bond donors (Lipinski definition) is 3. The minimum Gasteiger partial charge on any atom is -0.493 e. The predicted molar refractivity (Wildman–Crippen MR) is 87.8 cm³/mol. The second kappa shape index (κ2) is 9.34. The van der Waals surface area contributed by atoms with Crippen LogP contribution in [0.5, 0.6) is 17.2 Å². The number of carboxylic acids is 1. The van der Waals surface area contributed by atoms with Crippen LogP contribution in [-0.4, -0.2) is 54.8 Å². The van der Waals surface area contributed by atoms with Gasteiger partial charge < -0.3 is 29.5 Å². The monoisotopic (exact) mass is 342 g/mol. The Balaban J connectivity index is 2.71. The molecule has 0 radical (unpaired) electrons. The van der Waals surface area contributed by atoms with Gasteiger partial charge in [-0.05, 0) is 37.5 Å². The van der Waals surface area contributed by atoms with Gasteiger partial charge in [-0.3, -0.25) is 4.79 Å². The predicted octanol–water partition coefficient (Wildman–Crippen LogP) is 1.48. The van der Waals surface area contributed by atoms with Crippen molar-refractivity contribution in [3.8, 4) is 17.2 Å². The van der Waals surface area contributed by atoms with Crippen LogP contribution < -0.4 is 14.2 Å². The summed E-state index contributed by atoms with van der Waals surface area (Å²) in [6.07, 6.45) is -0.982. The van der Waals surface area contributed by atoms with Crippen LogP contribution in [0.15, 0.2) is 12.1 Å². The number of methoxy groups -OCH3 is 3. The number of aliphatic carboxylic acids is 1. The Bertz CT molecular complexity index is 519. The third kappa shape index (κ3) is 5.28. The van der Waals surface area contributed by atoms with Crippen molar-refractivity contribution < 1.29 is 34.3 Å². The van der Waals surface area contributed by atoms with Crippen molar-refractivity contribution in [2.24, 2.45) is 5.92 Å². The highest BCUT2D eigenvalue weighted by Gasteiger charge is 2.24. The smallest absolute Gasteiger partial charge is 0.308 e. The standard InChI is InChI=1S/C17H26O7/c1-10(17(20)21)13(19)9-12(18)6-5-11-7-14(22-2)16(24-4)15(8-11)23-3/h7-8,10,12-13,18-19H,5-6,9H2,1-4H3,(H,20,21). The van der Waals surface area contributed by atoms with Crippen molar-refractivity contribution in [1.29, 1.82) is 0 Å². The molecule has 1 aromatic rings. The quantitative estimate of drug-likeness (QED) is 0.591. The van der Waals surface area contributed by atoms with E-state index in [1.807, 2.05) is 0 Å².